The van der Waals surface area contributed by atoms with Gasteiger partial charge in [-0.25, -0.2) is 9.78 Å². The van der Waals surface area contributed by atoms with E-state index >= 15 is 0 Å². The van der Waals surface area contributed by atoms with E-state index in [0.29, 0.717) is 18.3 Å². The number of aromatic nitrogens is 2. The molecule has 0 bridgehead atoms. The van der Waals surface area contributed by atoms with Crippen LogP contribution in [0.1, 0.15) is 13.3 Å². The Bertz CT molecular complexity index is 939. The highest BCUT2D eigenvalue weighted by atomic mass is 32.1. The number of thiazole rings is 1. The van der Waals surface area contributed by atoms with Crippen LogP contribution >= 0.6 is 11.3 Å². The van der Waals surface area contributed by atoms with Gasteiger partial charge in [-0.1, -0.05) is 17.4 Å². The molecule has 0 saturated carbocycles. The zero-order valence-electron chi connectivity index (χ0n) is 14.9. The van der Waals surface area contributed by atoms with Crippen molar-refractivity contribution in [1.82, 2.24) is 15.3 Å². The molecule has 2 N–H and O–H groups in total. The number of carbonyl (C=O) groups is 1. The molecule has 1 fully saturated rings. The summed E-state index contributed by atoms with van der Waals surface area (Å²) < 4.78 is 12.6. The molecule has 1 aliphatic rings. The van der Waals surface area contributed by atoms with Gasteiger partial charge in [-0.05, 0) is 19.1 Å². The maximum atomic E-state index is 11.8. The number of pyridine rings is 1. The van der Waals surface area contributed by atoms with Crippen molar-refractivity contribution in [2.24, 2.45) is 0 Å². The topological polar surface area (TPSA) is 85.4 Å². The predicted octanol–water partition coefficient (Wildman–Crippen LogP) is 3.67. The molecule has 0 aliphatic carbocycles. The van der Waals surface area contributed by atoms with Gasteiger partial charge in [0.2, 0.25) is 0 Å². The maximum absolute atomic E-state index is 11.8. The van der Waals surface area contributed by atoms with Crippen LogP contribution in [0, 0.1) is 0 Å². The Morgan fingerprint density at radius 3 is 3.11 bits per heavy atom. The standard InChI is InChI=1S/C19H20N4O3S/c1-2-21-18(24)23-19-22-15-8-14(12-4-3-6-20-10-12)16(9-17(15)27-19)26-13-5-7-25-11-13/h3-4,6,8-10,13H,2,5,7,11H2,1H3,(H2,21,22,23,24). The number of nitrogens with one attached hydrogen (secondary N) is 2. The number of amides is 2. The molecule has 140 valence electrons. The third-order valence-electron chi connectivity index (χ3n) is 4.20. The van der Waals surface area contributed by atoms with Crippen LogP contribution in [0.2, 0.25) is 0 Å². The number of fused-ring (bicyclic) bond motifs is 1. The van der Waals surface area contributed by atoms with Gasteiger partial charge in [-0.2, -0.15) is 0 Å². The van der Waals surface area contributed by atoms with Crippen LogP contribution in [0.4, 0.5) is 9.93 Å². The van der Waals surface area contributed by atoms with Crippen molar-refractivity contribution >= 4 is 32.7 Å². The third kappa shape index (κ3) is 4.01. The summed E-state index contributed by atoms with van der Waals surface area (Å²) in [7, 11) is 0. The molecule has 1 unspecified atom stereocenters. The van der Waals surface area contributed by atoms with Gasteiger partial charge in [0.25, 0.3) is 0 Å². The molecule has 7 nitrogen and oxygen atoms in total. The lowest BCUT2D eigenvalue weighted by molar-refractivity contribution is 0.142. The van der Waals surface area contributed by atoms with E-state index in [4.69, 9.17) is 9.47 Å². The summed E-state index contributed by atoms with van der Waals surface area (Å²) in [5.74, 6) is 0.777. The Labute approximate surface area is 160 Å². The summed E-state index contributed by atoms with van der Waals surface area (Å²) in [6, 6.07) is 7.59. The van der Waals surface area contributed by atoms with Crippen LogP contribution in [0.15, 0.2) is 36.7 Å². The van der Waals surface area contributed by atoms with Gasteiger partial charge in [0, 0.05) is 42.6 Å². The Hall–Kier alpha value is -2.71. The number of anilines is 1. The van der Waals surface area contributed by atoms with E-state index in [1.165, 1.54) is 11.3 Å². The minimum atomic E-state index is -0.261. The first-order chi connectivity index (χ1) is 13.2. The molecule has 8 heteroatoms. The molecule has 1 saturated heterocycles. The lowest BCUT2D eigenvalue weighted by atomic mass is 10.1. The molecular weight excluding hydrogens is 364 g/mol. The summed E-state index contributed by atoms with van der Waals surface area (Å²) in [5, 5.41) is 6.02. The second-order valence-corrected chi connectivity index (χ2v) is 7.20. The second kappa shape index (κ2) is 7.89. The summed E-state index contributed by atoms with van der Waals surface area (Å²) in [6.07, 6.45) is 4.46. The SMILES string of the molecule is CCNC(=O)Nc1nc2cc(-c3cccnc3)c(OC3CCOC3)cc2s1. The highest BCUT2D eigenvalue weighted by Crippen LogP contribution is 2.38. The number of benzene rings is 1. The highest BCUT2D eigenvalue weighted by Gasteiger charge is 2.20. The van der Waals surface area contributed by atoms with E-state index in [0.717, 1.165) is 40.1 Å². The van der Waals surface area contributed by atoms with E-state index in [-0.39, 0.29) is 12.1 Å². The number of hydrogen-bond donors (Lipinski definition) is 2. The molecule has 0 spiro atoms. The minimum Gasteiger partial charge on any atom is -0.487 e. The first-order valence-corrected chi connectivity index (χ1v) is 9.69. The fraction of sp³-hybridized carbons (Fsp3) is 0.316. The van der Waals surface area contributed by atoms with Crippen molar-refractivity contribution < 1.29 is 14.3 Å². The van der Waals surface area contributed by atoms with Gasteiger partial charge in [0.15, 0.2) is 5.13 Å². The zero-order valence-corrected chi connectivity index (χ0v) is 15.7. The average molecular weight is 384 g/mol. The Morgan fingerprint density at radius 1 is 1.44 bits per heavy atom. The van der Waals surface area contributed by atoms with Crippen molar-refractivity contribution in [3.8, 4) is 16.9 Å². The van der Waals surface area contributed by atoms with E-state index in [9.17, 15) is 4.79 Å². The van der Waals surface area contributed by atoms with Crippen molar-refractivity contribution in [3.05, 3.63) is 36.7 Å². The number of hydrogen-bond acceptors (Lipinski definition) is 6. The van der Waals surface area contributed by atoms with Crippen LogP contribution in [0.3, 0.4) is 0 Å². The van der Waals surface area contributed by atoms with Gasteiger partial charge in [0.05, 0.1) is 23.4 Å². The van der Waals surface area contributed by atoms with Crippen molar-refractivity contribution in [1.29, 1.82) is 0 Å². The third-order valence-corrected chi connectivity index (χ3v) is 5.14. The number of nitrogens with zero attached hydrogens (tertiary/aromatic N) is 2. The van der Waals surface area contributed by atoms with Crippen LogP contribution in [0.5, 0.6) is 5.75 Å². The molecule has 4 rings (SSSR count). The van der Waals surface area contributed by atoms with E-state index in [2.05, 4.69) is 20.6 Å². The minimum absolute atomic E-state index is 0.0405. The number of carbonyl (C=O) groups excluding carboxylic acids is 1. The monoisotopic (exact) mass is 384 g/mol. The van der Waals surface area contributed by atoms with Gasteiger partial charge in [0.1, 0.15) is 11.9 Å². The average Bonchev–Trinajstić information content (AvgIpc) is 3.31. The predicted molar refractivity (Wildman–Crippen MR) is 105 cm³/mol. The van der Waals surface area contributed by atoms with Gasteiger partial charge >= 0.3 is 6.03 Å². The quantitative estimate of drug-likeness (QED) is 0.701. The summed E-state index contributed by atoms with van der Waals surface area (Å²) in [4.78, 5) is 20.5. The molecule has 1 aliphatic heterocycles. The molecular formula is C19H20N4O3S. The molecule has 1 aromatic carbocycles. The molecule has 1 atom stereocenters. The smallest absolute Gasteiger partial charge is 0.321 e. The zero-order chi connectivity index (χ0) is 18.6. The molecule has 3 heterocycles. The fourth-order valence-electron chi connectivity index (χ4n) is 2.94. The van der Waals surface area contributed by atoms with Crippen molar-refractivity contribution in [3.63, 3.8) is 0 Å². The van der Waals surface area contributed by atoms with Crippen LogP contribution in [-0.4, -0.2) is 41.9 Å². The van der Waals surface area contributed by atoms with Crippen LogP contribution in [-0.2, 0) is 4.74 Å². The maximum Gasteiger partial charge on any atom is 0.321 e. The lowest BCUT2D eigenvalue weighted by Gasteiger charge is -2.15. The van der Waals surface area contributed by atoms with Crippen molar-refractivity contribution in [2.75, 3.05) is 25.1 Å². The fourth-order valence-corrected chi connectivity index (χ4v) is 3.81. The second-order valence-electron chi connectivity index (χ2n) is 6.16. The first-order valence-electron chi connectivity index (χ1n) is 8.87. The van der Waals surface area contributed by atoms with E-state index in [1.807, 2.05) is 31.2 Å². The number of ether oxygens (including phenoxy) is 2. The Balaban J connectivity index is 1.72. The molecule has 2 aromatic heterocycles. The van der Waals surface area contributed by atoms with Crippen LogP contribution in [0.25, 0.3) is 21.3 Å². The van der Waals surface area contributed by atoms with Crippen molar-refractivity contribution in [2.45, 2.75) is 19.4 Å². The number of urea groups is 1. The Morgan fingerprint density at radius 2 is 2.37 bits per heavy atom. The molecule has 27 heavy (non-hydrogen) atoms. The number of rotatable bonds is 5. The van der Waals surface area contributed by atoms with Gasteiger partial charge in [-0.15, -0.1) is 0 Å². The molecule has 2 amide bonds. The van der Waals surface area contributed by atoms with Crippen LogP contribution < -0.4 is 15.4 Å². The lowest BCUT2D eigenvalue weighted by Crippen LogP contribution is -2.28. The van der Waals surface area contributed by atoms with E-state index in [1.54, 1.807) is 12.4 Å². The molecule has 0 radical (unpaired) electrons. The molecule has 3 aromatic rings. The Kier molecular flexibility index (Phi) is 5.17. The highest BCUT2D eigenvalue weighted by molar-refractivity contribution is 7.22. The summed E-state index contributed by atoms with van der Waals surface area (Å²) in [5.41, 5.74) is 2.69. The van der Waals surface area contributed by atoms with Gasteiger partial charge in [-0.3, -0.25) is 10.3 Å². The van der Waals surface area contributed by atoms with Gasteiger partial charge < -0.3 is 14.8 Å². The van der Waals surface area contributed by atoms with E-state index < -0.39 is 0 Å². The largest absolute Gasteiger partial charge is 0.487 e. The summed E-state index contributed by atoms with van der Waals surface area (Å²) >= 11 is 1.42. The normalized spacial score (nSPS) is 16.4. The first kappa shape index (κ1) is 17.7. The summed E-state index contributed by atoms with van der Waals surface area (Å²) in [6.45, 7) is 3.74.